The van der Waals surface area contributed by atoms with E-state index in [2.05, 4.69) is 5.32 Å². The summed E-state index contributed by atoms with van der Waals surface area (Å²) in [6.45, 7) is 0. The van der Waals surface area contributed by atoms with Crippen molar-refractivity contribution in [3.63, 3.8) is 0 Å². The Balaban J connectivity index is 2.36. The van der Waals surface area contributed by atoms with E-state index < -0.39 is 11.6 Å². The van der Waals surface area contributed by atoms with Crippen molar-refractivity contribution in [2.75, 3.05) is 11.1 Å². The van der Waals surface area contributed by atoms with Crippen LogP contribution in [0.5, 0.6) is 0 Å². The first-order chi connectivity index (χ1) is 8.45. The van der Waals surface area contributed by atoms with E-state index in [4.69, 9.17) is 28.9 Å². The Hall–Kier alpha value is -1.52. The van der Waals surface area contributed by atoms with Gasteiger partial charge in [-0.05, 0) is 24.3 Å². The van der Waals surface area contributed by atoms with Crippen LogP contribution in [0.4, 0.5) is 25.8 Å². The average molecular weight is 289 g/mol. The van der Waals surface area contributed by atoms with Crippen molar-refractivity contribution in [2.45, 2.75) is 0 Å². The lowest BCUT2D eigenvalue weighted by molar-refractivity contribution is 0.628. The third-order valence-electron chi connectivity index (χ3n) is 2.23. The molecule has 0 spiro atoms. The molecule has 0 saturated carbocycles. The number of rotatable bonds is 2. The van der Waals surface area contributed by atoms with E-state index in [1.54, 1.807) is 0 Å². The van der Waals surface area contributed by atoms with Gasteiger partial charge < -0.3 is 11.1 Å². The number of anilines is 3. The van der Waals surface area contributed by atoms with Crippen LogP contribution in [-0.4, -0.2) is 0 Å². The maximum atomic E-state index is 13.1. The third-order valence-corrected chi connectivity index (χ3v) is 2.74. The zero-order chi connectivity index (χ0) is 13.3. The van der Waals surface area contributed by atoms with Crippen LogP contribution in [0, 0.1) is 11.6 Å². The summed E-state index contributed by atoms with van der Waals surface area (Å²) in [6, 6.07) is 6.34. The van der Waals surface area contributed by atoms with Gasteiger partial charge in [0, 0.05) is 16.8 Å². The van der Waals surface area contributed by atoms with E-state index in [9.17, 15) is 8.78 Å². The molecule has 0 radical (unpaired) electrons. The molecule has 2 rings (SSSR count). The van der Waals surface area contributed by atoms with Crippen LogP contribution in [0.25, 0.3) is 0 Å². The number of benzene rings is 2. The molecule has 0 atom stereocenters. The van der Waals surface area contributed by atoms with E-state index in [0.29, 0.717) is 11.4 Å². The summed E-state index contributed by atoms with van der Waals surface area (Å²) in [5.41, 5.74) is 6.57. The standard InChI is InChI=1S/C12H8Cl2F2N2/c13-6-1-7(15)3-8(2-6)18-12-4-9(14)10(16)5-11(12)17/h1-5,18H,17H2. The number of halogens is 4. The molecule has 0 amide bonds. The van der Waals surface area contributed by atoms with Crippen molar-refractivity contribution in [1.29, 1.82) is 0 Å². The second kappa shape index (κ2) is 5.00. The predicted molar refractivity (Wildman–Crippen MR) is 70.5 cm³/mol. The summed E-state index contributed by atoms with van der Waals surface area (Å²) < 4.78 is 26.2. The van der Waals surface area contributed by atoms with Gasteiger partial charge in [-0.3, -0.25) is 0 Å². The number of nitrogens with two attached hydrogens (primary N) is 1. The Morgan fingerprint density at radius 3 is 2.39 bits per heavy atom. The first-order valence-electron chi connectivity index (χ1n) is 4.93. The summed E-state index contributed by atoms with van der Waals surface area (Å²) in [5, 5.41) is 2.99. The first kappa shape index (κ1) is 12.9. The molecule has 0 aliphatic heterocycles. The fourth-order valence-electron chi connectivity index (χ4n) is 1.45. The van der Waals surface area contributed by atoms with Gasteiger partial charge in [-0.2, -0.15) is 0 Å². The van der Waals surface area contributed by atoms with Gasteiger partial charge in [0.1, 0.15) is 11.6 Å². The molecule has 0 aliphatic carbocycles. The number of nitrogen functional groups attached to an aromatic ring is 1. The first-order valence-corrected chi connectivity index (χ1v) is 5.69. The monoisotopic (exact) mass is 288 g/mol. The predicted octanol–water partition coefficient (Wildman–Crippen LogP) is 4.60. The van der Waals surface area contributed by atoms with Gasteiger partial charge in [0.25, 0.3) is 0 Å². The van der Waals surface area contributed by atoms with Crippen molar-refractivity contribution in [1.82, 2.24) is 0 Å². The van der Waals surface area contributed by atoms with Gasteiger partial charge >= 0.3 is 0 Å². The minimum Gasteiger partial charge on any atom is -0.397 e. The summed E-state index contributed by atoms with van der Waals surface area (Å²) >= 11 is 11.4. The highest BCUT2D eigenvalue weighted by Crippen LogP contribution is 2.30. The highest BCUT2D eigenvalue weighted by molar-refractivity contribution is 6.31. The van der Waals surface area contributed by atoms with E-state index in [-0.39, 0.29) is 15.7 Å². The van der Waals surface area contributed by atoms with Crippen LogP contribution in [0.3, 0.4) is 0 Å². The summed E-state index contributed by atoms with van der Waals surface area (Å²) in [4.78, 5) is 0. The second-order valence-electron chi connectivity index (χ2n) is 3.64. The Kier molecular flexibility index (Phi) is 3.59. The quantitative estimate of drug-likeness (QED) is 0.793. The molecule has 0 bridgehead atoms. The topological polar surface area (TPSA) is 38.0 Å². The van der Waals surface area contributed by atoms with Gasteiger partial charge in [0.2, 0.25) is 0 Å². The van der Waals surface area contributed by atoms with Gasteiger partial charge in [-0.25, -0.2) is 8.78 Å². The Bertz CT molecular complexity index is 583. The zero-order valence-electron chi connectivity index (χ0n) is 8.98. The smallest absolute Gasteiger partial charge is 0.143 e. The lowest BCUT2D eigenvalue weighted by atomic mass is 10.2. The summed E-state index contributed by atoms with van der Waals surface area (Å²) in [6.07, 6.45) is 0. The Morgan fingerprint density at radius 1 is 1.00 bits per heavy atom. The summed E-state index contributed by atoms with van der Waals surface area (Å²) in [5.74, 6) is -1.10. The highest BCUT2D eigenvalue weighted by Gasteiger charge is 2.07. The van der Waals surface area contributed by atoms with E-state index in [0.717, 1.165) is 6.07 Å². The van der Waals surface area contributed by atoms with Crippen LogP contribution in [0.2, 0.25) is 10.0 Å². The highest BCUT2D eigenvalue weighted by atomic mass is 35.5. The fraction of sp³-hybridized carbons (Fsp3) is 0. The Morgan fingerprint density at radius 2 is 1.72 bits per heavy atom. The number of hydrogen-bond acceptors (Lipinski definition) is 2. The van der Waals surface area contributed by atoms with Crippen LogP contribution in [0.15, 0.2) is 30.3 Å². The molecular formula is C12H8Cl2F2N2. The molecule has 94 valence electrons. The molecule has 0 aromatic heterocycles. The second-order valence-corrected chi connectivity index (χ2v) is 4.48. The fourth-order valence-corrected chi connectivity index (χ4v) is 1.84. The van der Waals surface area contributed by atoms with Crippen molar-refractivity contribution in [3.05, 3.63) is 52.0 Å². The van der Waals surface area contributed by atoms with Crippen molar-refractivity contribution >= 4 is 40.3 Å². The minimum absolute atomic E-state index is 0.0748. The van der Waals surface area contributed by atoms with Gasteiger partial charge in [0.05, 0.1) is 16.4 Å². The van der Waals surface area contributed by atoms with Crippen molar-refractivity contribution in [3.8, 4) is 0 Å². The van der Waals surface area contributed by atoms with Crippen LogP contribution >= 0.6 is 23.2 Å². The molecule has 2 nitrogen and oxygen atoms in total. The minimum atomic E-state index is -0.614. The lowest BCUT2D eigenvalue weighted by Gasteiger charge is -2.10. The molecule has 3 N–H and O–H groups in total. The van der Waals surface area contributed by atoms with E-state index in [1.807, 2.05) is 0 Å². The number of hydrogen-bond donors (Lipinski definition) is 2. The molecule has 0 saturated heterocycles. The molecule has 0 fully saturated rings. The van der Waals surface area contributed by atoms with Crippen molar-refractivity contribution in [2.24, 2.45) is 0 Å². The SMILES string of the molecule is Nc1cc(F)c(Cl)cc1Nc1cc(F)cc(Cl)c1. The average Bonchev–Trinajstić information content (AvgIpc) is 2.24. The van der Waals surface area contributed by atoms with Crippen LogP contribution in [-0.2, 0) is 0 Å². The van der Waals surface area contributed by atoms with Crippen molar-refractivity contribution < 1.29 is 8.78 Å². The third kappa shape index (κ3) is 2.83. The largest absolute Gasteiger partial charge is 0.397 e. The van der Waals surface area contributed by atoms with E-state index in [1.165, 1.54) is 24.3 Å². The summed E-state index contributed by atoms with van der Waals surface area (Å²) in [7, 11) is 0. The molecule has 6 heteroatoms. The molecule has 0 heterocycles. The molecule has 2 aromatic carbocycles. The molecular weight excluding hydrogens is 281 g/mol. The van der Waals surface area contributed by atoms with Crippen LogP contribution < -0.4 is 11.1 Å². The maximum Gasteiger partial charge on any atom is 0.143 e. The molecule has 0 unspecified atom stereocenters. The zero-order valence-corrected chi connectivity index (χ0v) is 10.5. The molecule has 0 aliphatic rings. The Labute approximate surface area is 112 Å². The van der Waals surface area contributed by atoms with Gasteiger partial charge in [-0.1, -0.05) is 23.2 Å². The van der Waals surface area contributed by atoms with E-state index >= 15 is 0 Å². The van der Waals surface area contributed by atoms with Crippen LogP contribution in [0.1, 0.15) is 0 Å². The van der Waals surface area contributed by atoms with Gasteiger partial charge in [0.15, 0.2) is 0 Å². The molecule has 2 aromatic rings. The normalized spacial score (nSPS) is 10.4. The van der Waals surface area contributed by atoms with Gasteiger partial charge in [-0.15, -0.1) is 0 Å². The lowest BCUT2D eigenvalue weighted by Crippen LogP contribution is -1.98. The maximum absolute atomic E-state index is 13.1. The molecule has 18 heavy (non-hydrogen) atoms. The number of nitrogens with one attached hydrogen (secondary N) is 1.